The highest BCUT2D eigenvalue weighted by Gasteiger charge is 2.28. The summed E-state index contributed by atoms with van der Waals surface area (Å²) in [6.07, 6.45) is 1.13. The molecule has 3 aromatic rings. The normalized spacial score (nSPS) is 11.2. The Hall–Kier alpha value is -3.50. The van der Waals surface area contributed by atoms with Gasteiger partial charge in [-0.05, 0) is 12.1 Å². The molecule has 8 nitrogen and oxygen atoms in total. The molecule has 0 radical (unpaired) electrons. The van der Waals surface area contributed by atoms with E-state index in [0.717, 1.165) is 6.20 Å². The van der Waals surface area contributed by atoms with Gasteiger partial charge in [0.25, 0.3) is 5.91 Å². The van der Waals surface area contributed by atoms with E-state index in [1.807, 2.05) is 0 Å². The molecule has 0 saturated carbocycles. The fourth-order valence-corrected chi connectivity index (χ4v) is 2.13. The van der Waals surface area contributed by atoms with Crippen molar-refractivity contribution < 1.29 is 22.7 Å². The molecule has 27 heavy (non-hydrogen) atoms. The standard InChI is InChI=1S/C16H13F3N6O2/c17-16(18,19)8-27-13-4-3-12(7-22-13)15(26)23-6-11-2-1-5-21-14(11)25-10-20-9-24-25/h1-5,7,9-10H,6,8H2,(H,23,26). The van der Waals surface area contributed by atoms with E-state index in [0.29, 0.717) is 11.4 Å². The molecule has 0 unspecified atom stereocenters. The van der Waals surface area contributed by atoms with Crippen molar-refractivity contribution >= 4 is 5.91 Å². The van der Waals surface area contributed by atoms with E-state index in [2.05, 4.69) is 30.1 Å². The van der Waals surface area contributed by atoms with Crippen molar-refractivity contribution in [3.8, 4) is 11.7 Å². The van der Waals surface area contributed by atoms with E-state index < -0.39 is 18.7 Å². The maximum Gasteiger partial charge on any atom is 0.422 e. The summed E-state index contributed by atoms with van der Waals surface area (Å²) in [5, 5.41) is 6.70. The zero-order valence-electron chi connectivity index (χ0n) is 13.7. The van der Waals surface area contributed by atoms with Gasteiger partial charge in [-0.3, -0.25) is 4.79 Å². The second-order valence-corrected chi connectivity index (χ2v) is 5.30. The molecular weight excluding hydrogens is 365 g/mol. The lowest BCUT2D eigenvalue weighted by Crippen LogP contribution is -2.24. The van der Waals surface area contributed by atoms with Gasteiger partial charge in [0, 0.05) is 30.6 Å². The highest BCUT2D eigenvalue weighted by Crippen LogP contribution is 2.17. The number of amides is 1. The quantitative estimate of drug-likeness (QED) is 0.704. The summed E-state index contributed by atoms with van der Waals surface area (Å²) in [4.78, 5) is 24.0. The van der Waals surface area contributed by atoms with Gasteiger partial charge in [-0.1, -0.05) is 6.07 Å². The Labute approximate surface area is 151 Å². The minimum absolute atomic E-state index is 0.161. The van der Waals surface area contributed by atoms with Crippen LogP contribution in [0.1, 0.15) is 15.9 Å². The number of nitrogens with zero attached hydrogens (tertiary/aromatic N) is 5. The van der Waals surface area contributed by atoms with Crippen LogP contribution in [0.4, 0.5) is 13.2 Å². The number of aromatic nitrogens is 5. The minimum atomic E-state index is -4.46. The third-order valence-corrected chi connectivity index (χ3v) is 3.32. The molecule has 11 heteroatoms. The summed E-state index contributed by atoms with van der Waals surface area (Å²) in [6, 6.07) is 6.02. The highest BCUT2D eigenvalue weighted by atomic mass is 19.4. The first kappa shape index (κ1) is 18.3. The van der Waals surface area contributed by atoms with Crippen LogP contribution in [0.2, 0.25) is 0 Å². The number of alkyl halides is 3. The van der Waals surface area contributed by atoms with Crippen molar-refractivity contribution in [2.75, 3.05) is 6.61 Å². The topological polar surface area (TPSA) is 94.8 Å². The molecule has 0 aliphatic heterocycles. The SMILES string of the molecule is O=C(NCc1cccnc1-n1cncn1)c1ccc(OCC(F)(F)F)nc1. The van der Waals surface area contributed by atoms with Crippen molar-refractivity contribution in [2.24, 2.45) is 0 Å². The highest BCUT2D eigenvalue weighted by molar-refractivity contribution is 5.93. The molecule has 3 aromatic heterocycles. The monoisotopic (exact) mass is 378 g/mol. The number of carbonyl (C=O) groups excluding carboxylic acids is 1. The number of carbonyl (C=O) groups is 1. The molecule has 3 rings (SSSR count). The number of hydrogen-bond acceptors (Lipinski definition) is 6. The van der Waals surface area contributed by atoms with E-state index in [1.54, 1.807) is 18.3 Å². The first-order valence-corrected chi connectivity index (χ1v) is 7.65. The van der Waals surface area contributed by atoms with Gasteiger partial charge in [-0.15, -0.1) is 0 Å². The zero-order chi connectivity index (χ0) is 19.3. The largest absolute Gasteiger partial charge is 0.468 e. The first-order chi connectivity index (χ1) is 12.9. The second-order valence-electron chi connectivity index (χ2n) is 5.30. The smallest absolute Gasteiger partial charge is 0.422 e. The fraction of sp³-hybridized carbons (Fsp3) is 0.188. The average molecular weight is 378 g/mol. The number of ether oxygens (including phenoxy) is 1. The fourth-order valence-electron chi connectivity index (χ4n) is 2.13. The summed E-state index contributed by atoms with van der Waals surface area (Å²) in [5.74, 6) is -0.146. The lowest BCUT2D eigenvalue weighted by molar-refractivity contribution is -0.154. The van der Waals surface area contributed by atoms with Gasteiger partial charge >= 0.3 is 6.18 Å². The molecule has 0 aliphatic carbocycles. The number of pyridine rings is 2. The van der Waals surface area contributed by atoms with E-state index in [9.17, 15) is 18.0 Å². The Kier molecular flexibility index (Phi) is 5.29. The lowest BCUT2D eigenvalue weighted by Gasteiger charge is -2.10. The molecule has 0 spiro atoms. The van der Waals surface area contributed by atoms with Gasteiger partial charge in [0.2, 0.25) is 5.88 Å². The summed E-state index contributed by atoms with van der Waals surface area (Å²) < 4.78 is 42.3. The van der Waals surface area contributed by atoms with Gasteiger partial charge in [0.1, 0.15) is 12.7 Å². The lowest BCUT2D eigenvalue weighted by atomic mass is 10.2. The van der Waals surface area contributed by atoms with Crippen LogP contribution in [0.25, 0.3) is 5.82 Å². The van der Waals surface area contributed by atoms with Crippen LogP contribution in [0.3, 0.4) is 0 Å². The Bertz CT molecular complexity index is 897. The van der Waals surface area contributed by atoms with Gasteiger partial charge in [0.05, 0.1) is 5.56 Å². The molecule has 3 heterocycles. The molecule has 0 fully saturated rings. The van der Waals surface area contributed by atoms with Crippen LogP contribution in [0.5, 0.6) is 5.88 Å². The molecule has 0 atom stereocenters. The Morgan fingerprint density at radius 3 is 2.74 bits per heavy atom. The number of halogens is 3. The number of rotatable bonds is 6. The molecular formula is C16H13F3N6O2. The van der Waals surface area contributed by atoms with Gasteiger partial charge in [-0.25, -0.2) is 19.6 Å². The third kappa shape index (κ3) is 5.00. The Morgan fingerprint density at radius 1 is 1.22 bits per heavy atom. The molecule has 0 aromatic carbocycles. The summed E-state index contributed by atoms with van der Waals surface area (Å²) >= 11 is 0. The molecule has 0 aliphatic rings. The van der Waals surface area contributed by atoms with E-state index >= 15 is 0 Å². The third-order valence-electron chi connectivity index (χ3n) is 3.32. The van der Waals surface area contributed by atoms with Crippen molar-refractivity contribution in [2.45, 2.75) is 12.7 Å². The van der Waals surface area contributed by atoms with E-state index in [4.69, 9.17) is 0 Å². The van der Waals surface area contributed by atoms with Crippen LogP contribution < -0.4 is 10.1 Å². The summed E-state index contributed by atoms with van der Waals surface area (Å²) in [5.41, 5.74) is 0.884. The van der Waals surface area contributed by atoms with Crippen LogP contribution >= 0.6 is 0 Å². The molecule has 140 valence electrons. The Morgan fingerprint density at radius 2 is 2.07 bits per heavy atom. The number of hydrogen-bond donors (Lipinski definition) is 1. The van der Waals surface area contributed by atoms with Crippen LogP contribution in [-0.2, 0) is 6.54 Å². The van der Waals surface area contributed by atoms with Gasteiger partial charge in [-0.2, -0.15) is 18.3 Å². The molecule has 1 amide bonds. The molecule has 0 saturated heterocycles. The van der Waals surface area contributed by atoms with Gasteiger partial charge in [0.15, 0.2) is 12.4 Å². The maximum absolute atomic E-state index is 12.2. The second kappa shape index (κ2) is 7.81. The van der Waals surface area contributed by atoms with Crippen LogP contribution in [0, 0.1) is 0 Å². The van der Waals surface area contributed by atoms with Crippen LogP contribution in [0.15, 0.2) is 49.3 Å². The van der Waals surface area contributed by atoms with Gasteiger partial charge < -0.3 is 10.1 Å². The minimum Gasteiger partial charge on any atom is -0.468 e. The van der Waals surface area contributed by atoms with E-state index in [-0.39, 0.29) is 18.0 Å². The van der Waals surface area contributed by atoms with Crippen molar-refractivity contribution in [1.82, 2.24) is 30.0 Å². The van der Waals surface area contributed by atoms with Crippen LogP contribution in [-0.4, -0.2) is 43.4 Å². The van der Waals surface area contributed by atoms with Crippen molar-refractivity contribution in [1.29, 1.82) is 0 Å². The van der Waals surface area contributed by atoms with Crippen molar-refractivity contribution in [3.05, 3.63) is 60.4 Å². The predicted octanol–water partition coefficient (Wildman–Crippen LogP) is 1.93. The van der Waals surface area contributed by atoms with Crippen molar-refractivity contribution in [3.63, 3.8) is 0 Å². The Balaban J connectivity index is 1.62. The summed E-state index contributed by atoms with van der Waals surface area (Å²) in [7, 11) is 0. The van der Waals surface area contributed by atoms with E-state index in [1.165, 1.54) is 29.5 Å². The first-order valence-electron chi connectivity index (χ1n) is 7.65. The average Bonchev–Trinajstić information content (AvgIpc) is 3.19. The number of nitrogens with one attached hydrogen (secondary N) is 1. The molecule has 1 N–H and O–H groups in total. The molecule has 0 bridgehead atoms. The summed E-state index contributed by atoms with van der Waals surface area (Å²) in [6.45, 7) is -1.29. The maximum atomic E-state index is 12.2. The predicted molar refractivity (Wildman–Crippen MR) is 86.1 cm³/mol. The zero-order valence-corrected chi connectivity index (χ0v) is 13.7.